The van der Waals surface area contributed by atoms with Crippen LogP contribution in [0.1, 0.15) is 25.8 Å². The Balaban J connectivity index is 2.24. The van der Waals surface area contributed by atoms with Crippen LogP contribution >= 0.6 is 0 Å². The number of hydrazone groups is 1. The molecule has 0 saturated heterocycles. The summed E-state index contributed by atoms with van der Waals surface area (Å²) < 4.78 is 1.16. The summed E-state index contributed by atoms with van der Waals surface area (Å²) in [5.74, 6) is 0. The molecule has 0 amide bonds. The molecule has 1 aliphatic rings. The van der Waals surface area contributed by atoms with Gasteiger partial charge in [0.15, 0.2) is 0 Å². The molecule has 0 aliphatic carbocycles. The fraction of sp³-hybridized carbons (Fsp3) is 0.429. The van der Waals surface area contributed by atoms with Gasteiger partial charge in [-0.3, -0.25) is 0 Å². The summed E-state index contributed by atoms with van der Waals surface area (Å²) in [6.45, 7) is 5.31. The predicted octanol–water partition coefficient (Wildman–Crippen LogP) is 2.61. The van der Waals surface area contributed by atoms with Gasteiger partial charge in [0.25, 0.3) is 0 Å². The zero-order chi connectivity index (χ0) is 13.0. The summed E-state index contributed by atoms with van der Waals surface area (Å²) in [4.78, 5) is 5.12. The van der Waals surface area contributed by atoms with Crippen LogP contribution in [0.3, 0.4) is 0 Å². The first-order valence-electron chi connectivity index (χ1n) is 6.31. The third kappa shape index (κ3) is 3.01. The van der Waals surface area contributed by atoms with Gasteiger partial charge in [-0.1, -0.05) is 0 Å². The molecule has 1 aromatic carbocycles. The van der Waals surface area contributed by atoms with Crippen molar-refractivity contribution in [3.63, 3.8) is 0 Å². The van der Waals surface area contributed by atoms with Gasteiger partial charge in [-0.15, -0.1) is 0 Å². The molecule has 1 aliphatic heterocycles. The molecule has 2 rings (SSSR count). The van der Waals surface area contributed by atoms with E-state index >= 15 is 0 Å². The monoisotopic (exact) mass is 309 g/mol. The van der Waals surface area contributed by atoms with E-state index in [0.717, 1.165) is 17.7 Å². The second-order valence-electron chi connectivity index (χ2n) is 4.30. The Kier molecular flexibility index (Phi) is 4.56. The van der Waals surface area contributed by atoms with Gasteiger partial charge in [0.1, 0.15) is 0 Å². The van der Waals surface area contributed by atoms with E-state index in [4.69, 9.17) is 5.10 Å². The van der Waals surface area contributed by atoms with E-state index in [1.807, 2.05) is 18.1 Å². The van der Waals surface area contributed by atoms with Gasteiger partial charge >= 0.3 is 115 Å². The van der Waals surface area contributed by atoms with Crippen molar-refractivity contribution in [3.8, 4) is 0 Å². The van der Waals surface area contributed by atoms with Crippen LogP contribution < -0.4 is 0 Å². The standard InChI is InChI=1S/C14H19N3Se/c1-4-10-15-14-17(3)16-13(11(2)18-14)12-8-6-5-7-9-12/h5-9,11H,4,10H2,1-3H3. The van der Waals surface area contributed by atoms with Gasteiger partial charge in [0.2, 0.25) is 0 Å². The number of benzene rings is 1. The number of hydrogen-bond acceptors (Lipinski definition) is 2. The fourth-order valence-electron chi connectivity index (χ4n) is 1.82. The molecule has 0 fully saturated rings. The van der Waals surface area contributed by atoms with Gasteiger partial charge in [-0.2, -0.15) is 0 Å². The first-order valence-corrected chi connectivity index (χ1v) is 8.15. The first-order chi connectivity index (χ1) is 8.72. The molecule has 4 heteroatoms. The predicted molar refractivity (Wildman–Crippen MR) is 78.5 cm³/mol. The third-order valence-corrected chi connectivity index (χ3v) is 5.22. The Bertz CT molecular complexity index is 453. The van der Waals surface area contributed by atoms with Crippen LogP contribution in [0.15, 0.2) is 40.4 Å². The van der Waals surface area contributed by atoms with Crippen LogP contribution in [0.4, 0.5) is 0 Å². The van der Waals surface area contributed by atoms with Gasteiger partial charge in [0, 0.05) is 0 Å². The van der Waals surface area contributed by atoms with E-state index in [1.165, 1.54) is 11.3 Å². The normalized spacial score (nSPS) is 22.2. The molecule has 3 nitrogen and oxygen atoms in total. The second-order valence-corrected chi connectivity index (χ2v) is 7.04. The fourth-order valence-corrected chi connectivity index (χ4v) is 3.86. The van der Waals surface area contributed by atoms with Gasteiger partial charge in [-0.05, 0) is 0 Å². The van der Waals surface area contributed by atoms with Crippen molar-refractivity contribution in [3.05, 3.63) is 35.9 Å². The number of nitrogens with zero attached hydrogens (tertiary/aromatic N) is 3. The van der Waals surface area contributed by atoms with Crippen LogP contribution in [0.2, 0.25) is 4.82 Å². The molecule has 1 aromatic rings. The molecule has 1 unspecified atom stereocenters. The molecule has 0 saturated carbocycles. The molecule has 18 heavy (non-hydrogen) atoms. The summed E-state index contributed by atoms with van der Waals surface area (Å²) >= 11 is 0.372. The van der Waals surface area contributed by atoms with Crippen molar-refractivity contribution in [2.45, 2.75) is 25.1 Å². The van der Waals surface area contributed by atoms with Crippen LogP contribution in [0.25, 0.3) is 0 Å². The topological polar surface area (TPSA) is 28.0 Å². The Hall–Kier alpha value is -1.12. The summed E-state index contributed by atoms with van der Waals surface area (Å²) in [5, 5.41) is 6.66. The van der Waals surface area contributed by atoms with Gasteiger partial charge < -0.3 is 0 Å². The number of aliphatic imine (C=N–C) groups is 1. The molecule has 0 radical (unpaired) electrons. The molecule has 0 aromatic heterocycles. The Labute approximate surface area is 115 Å². The van der Waals surface area contributed by atoms with Crippen LogP contribution in [0, 0.1) is 0 Å². The van der Waals surface area contributed by atoms with Crippen molar-refractivity contribution in [1.29, 1.82) is 0 Å². The second kappa shape index (κ2) is 6.17. The Morgan fingerprint density at radius 1 is 1.33 bits per heavy atom. The third-order valence-electron chi connectivity index (χ3n) is 2.74. The van der Waals surface area contributed by atoms with E-state index < -0.39 is 0 Å². The van der Waals surface area contributed by atoms with E-state index in [1.54, 1.807) is 0 Å². The van der Waals surface area contributed by atoms with Crippen LogP contribution in [-0.2, 0) is 0 Å². The molecule has 0 spiro atoms. The molecule has 0 N–H and O–H groups in total. The molecule has 0 bridgehead atoms. The maximum atomic E-state index is 4.70. The average molecular weight is 308 g/mol. The van der Waals surface area contributed by atoms with Crippen molar-refractivity contribution >= 4 is 25.4 Å². The molecular formula is C14H19N3Se. The average Bonchev–Trinajstić information content (AvgIpc) is 2.40. The summed E-state index contributed by atoms with van der Waals surface area (Å²) in [6.07, 6.45) is 1.09. The van der Waals surface area contributed by atoms with Crippen molar-refractivity contribution in [2.75, 3.05) is 13.6 Å². The quantitative estimate of drug-likeness (QED) is 0.789. The van der Waals surface area contributed by atoms with E-state index in [0.29, 0.717) is 19.8 Å². The summed E-state index contributed by atoms with van der Waals surface area (Å²) in [5.41, 5.74) is 2.42. The zero-order valence-corrected chi connectivity index (χ0v) is 12.8. The van der Waals surface area contributed by atoms with Crippen LogP contribution in [0.5, 0.6) is 0 Å². The summed E-state index contributed by atoms with van der Waals surface area (Å²) in [6, 6.07) is 10.4. The van der Waals surface area contributed by atoms with E-state index in [9.17, 15) is 0 Å². The number of rotatable bonds is 3. The Morgan fingerprint density at radius 2 is 2.06 bits per heavy atom. The minimum atomic E-state index is 0.372. The van der Waals surface area contributed by atoms with Crippen LogP contribution in [-0.4, -0.2) is 44.0 Å². The molecular weight excluding hydrogens is 289 g/mol. The van der Waals surface area contributed by atoms with Crippen molar-refractivity contribution in [2.24, 2.45) is 10.1 Å². The number of amidine groups is 1. The number of hydrogen-bond donors (Lipinski definition) is 0. The summed E-state index contributed by atoms with van der Waals surface area (Å²) in [7, 11) is 2.01. The first kappa shape index (κ1) is 13.3. The van der Waals surface area contributed by atoms with Crippen molar-refractivity contribution in [1.82, 2.24) is 5.01 Å². The molecule has 1 heterocycles. The Morgan fingerprint density at radius 3 is 2.72 bits per heavy atom. The van der Waals surface area contributed by atoms with Gasteiger partial charge in [0.05, 0.1) is 0 Å². The zero-order valence-electron chi connectivity index (χ0n) is 11.1. The molecule has 96 valence electrons. The maximum absolute atomic E-state index is 4.70. The van der Waals surface area contributed by atoms with Crippen molar-refractivity contribution < 1.29 is 0 Å². The minimum absolute atomic E-state index is 0.372. The molecule has 1 atom stereocenters. The van der Waals surface area contributed by atoms with Gasteiger partial charge in [-0.25, -0.2) is 0 Å². The van der Waals surface area contributed by atoms with E-state index in [-0.39, 0.29) is 0 Å². The van der Waals surface area contributed by atoms with E-state index in [2.05, 4.69) is 43.1 Å². The SMILES string of the molecule is CCCN=C1[Se]C(C)C(c2ccccc2)=NN1C.